The average Bonchev–Trinajstić information content (AvgIpc) is 2.56. The van der Waals surface area contributed by atoms with Gasteiger partial charge < -0.3 is 14.8 Å². The van der Waals surface area contributed by atoms with E-state index in [-0.39, 0.29) is 11.9 Å². The number of carbonyl (C=O) groups is 1. The maximum atomic E-state index is 11.8. The van der Waals surface area contributed by atoms with Gasteiger partial charge in [-0.15, -0.1) is 0 Å². The first-order valence-corrected chi connectivity index (χ1v) is 7.64. The lowest BCUT2D eigenvalue weighted by Gasteiger charge is -2.15. The van der Waals surface area contributed by atoms with Crippen LogP contribution >= 0.6 is 0 Å². The summed E-state index contributed by atoms with van der Waals surface area (Å²) in [5, 5.41) is 11.8. The second-order valence-electron chi connectivity index (χ2n) is 5.01. The van der Waals surface area contributed by atoms with Gasteiger partial charge in [0.2, 0.25) is 5.91 Å². The van der Waals surface area contributed by atoms with Crippen molar-refractivity contribution in [3.05, 3.63) is 23.8 Å². The molecule has 0 atom stereocenters. The molecule has 1 amide bonds. The summed E-state index contributed by atoms with van der Waals surface area (Å²) in [6.45, 7) is 4.56. The lowest BCUT2D eigenvalue weighted by molar-refractivity contribution is -0.122. The van der Waals surface area contributed by atoms with E-state index >= 15 is 0 Å². The highest BCUT2D eigenvalue weighted by atomic mass is 16.5. The second kappa shape index (κ2) is 9.67. The zero-order valence-electron chi connectivity index (χ0n) is 13.5. The highest BCUT2D eigenvalue weighted by Gasteiger charge is 2.09. The molecule has 1 aromatic carbocycles. The highest BCUT2D eigenvalue weighted by Crippen LogP contribution is 2.27. The Balaban J connectivity index is 2.39. The minimum atomic E-state index is 0.0593. The van der Waals surface area contributed by atoms with E-state index in [1.54, 1.807) is 18.2 Å². The Morgan fingerprint density at radius 2 is 2.05 bits per heavy atom. The van der Waals surface area contributed by atoms with Crippen LogP contribution in [0.1, 0.15) is 45.1 Å². The molecular weight excluding hydrogens is 280 g/mol. The number of nitrogens with zero attached hydrogens (tertiary/aromatic N) is 1. The van der Waals surface area contributed by atoms with Crippen molar-refractivity contribution in [3.8, 4) is 17.6 Å². The van der Waals surface area contributed by atoms with Crippen LogP contribution in [0.25, 0.3) is 0 Å². The first kappa shape index (κ1) is 17.8. The molecule has 1 rings (SSSR count). The van der Waals surface area contributed by atoms with Crippen LogP contribution in [0.5, 0.6) is 11.5 Å². The summed E-state index contributed by atoms with van der Waals surface area (Å²) in [5.74, 6) is 1.17. The Kier molecular flexibility index (Phi) is 7.84. The quantitative estimate of drug-likeness (QED) is 0.712. The molecule has 22 heavy (non-hydrogen) atoms. The Bertz CT molecular complexity index is 519. The molecular formula is C17H24N2O3. The first-order chi connectivity index (χ1) is 10.6. The van der Waals surface area contributed by atoms with Crippen LogP contribution in [-0.4, -0.2) is 25.7 Å². The van der Waals surface area contributed by atoms with E-state index < -0.39 is 0 Å². The average molecular weight is 304 g/mol. The van der Waals surface area contributed by atoms with Gasteiger partial charge in [0.05, 0.1) is 25.3 Å². The number of nitriles is 1. The summed E-state index contributed by atoms with van der Waals surface area (Å²) in [7, 11) is 1.53. The van der Waals surface area contributed by atoms with Crippen LogP contribution < -0.4 is 14.8 Å². The lowest BCUT2D eigenvalue weighted by Crippen LogP contribution is -2.33. The van der Waals surface area contributed by atoms with Gasteiger partial charge in [0.1, 0.15) is 0 Å². The van der Waals surface area contributed by atoms with Crippen molar-refractivity contribution in [2.45, 2.75) is 45.6 Å². The van der Waals surface area contributed by atoms with Gasteiger partial charge >= 0.3 is 0 Å². The molecule has 0 saturated heterocycles. The molecule has 0 radical (unpaired) electrons. The third-order valence-electron chi connectivity index (χ3n) is 3.45. The SMILES string of the molecule is CCC(CC)NC(=O)CCCOc1ccc(C#N)cc1OC. The van der Waals surface area contributed by atoms with Crippen molar-refractivity contribution in [1.82, 2.24) is 5.32 Å². The largest absolute Gasteiger partial charge is 0.493 e. The van der Waals surface area contributed by atoms with Crippen LogP contribution in [0.2, 0.25) is 0 Å². The summed E-state index contributed by atoms with van der Waals surface area (Å²) in [6.07, 6.45) is 2.96. The Labute approximate surface area is 132 Å². The molecule has 0 aliphatic heterocycles. The Morgan fingerprint density at radius 1 is 1.32 bits per heavy atom. The topological polar surface area (TPSA) is 71.3 Å². The predicted molar refractivity (Wildman–Crippen MR) is 85.0 cm³/mol. The van der Waals surface area contributed by atoms with Crippen molar-refractivity contribution >= 4 is 5.91 Å². The van der Waals surface area contributed by atoms with Gasteiger partial charge in [-0.25, -0.2) is 0 Å². The van der Waals surface area contributed by atoms with E-state index in [4.69, 9.17) is 14.7 Å². The summed E-state index contributed by atoms with van der Waals surface area (Å²) >= 11 is 0. The van der Waals surface area contributed by atoms with Crippen LogP contribution in [-0.2, 0) is 4.79 Å². The number of methoxy groups -OCH3 is 1. The van der Waals surface area contributed by atoms with E-state index in [1.807, 2.05) is 0 Å². The molecule has 0 saturated carbocycles. The number of hydrogen-bond acceptors (Lipinski definition) is 4. The molecule has 0 aromatic heterocycles. The monoisotopic (exact) mass is 304 g/mol. The van der Waals surface area contributed by atoms with E-state index in [9.17, 15) is 4.79 Å². The number of ether oxygens (including phenoxy) is 2. The normalized spacial score (nSPS) is 10.1. The first-order valence-electron chi connectivity index (χ1n) is 7.64. The summed E-state index contributed by atoms with van der Waals surface area (Å²) in [5.41, 5.74) is 0.522. The van der Waals surface area contributed by atoms with Gasteiger partial charge in [0.15, 0.2) is 11.5 Å². The number of benzene rings is 1. The van der Waals surface area contributed by atoms with Crippen molar-refractivity contribution in [3.63, 3.8) is 0 Å². The maximum absolute atomic E-state index is 11.8. The van der Waals surface area contributed by atoms with Crippen molar-refractivity contribution in [1.29, 1.82) is 5.26 Å². The number of hydrogen-bond donors (Lipinski definition) is 1. The number of rotatable bonds is 9. The Morgan fingerprint density at radius 3 is 2.64 bits per heavy atom. The van der Waals surface area contributed by atoms with Crippen molar-refractivity contribution < 1.29 is 14.3 Å². The molecule has 120 valence electrons. The maximum Gasteiger partial charge on any atom is 0.220 e. The molecule has 0 bridgehead atoms. The van der Waals surface area contributed by atoms with E-state index in [2.05, 4.69) is 25.2 Å². The van der Waals surface area contributed by atoms with Gasteiger partial charge in [-0.05, 0) is 31.4 Å². The predicted octanol–water partition coefficient (Wildman–Crippen LogP) is 3.03. The number of nitrogens with one attached hydrogen (secondary N) is 1. The third kappa shape index (κ3) is 5.65. The number of carbonyl (C=O) groups excluding carboxylic acids is 1. The standard InChI is InChI=1S/C17H24N2O3/c1-4-14(5-2)19-17(20)7-6-10-22-15-9-8-13(12-18)11-16(15)21-3/h8-9,11,14H,4-7,10H2,1-3H3,(H,19,20). The van der Waals surface area contributed by atoms with Gasteiger partial charge in [0.25, 0.3) is 0 Å². The summed E-state index contributed by atoms with van der Waals surface area (Å²) < 4.78 is 10.8. The molecule has 0 unspecified atom stereocenters. The minimum Gasteiger partial charge on any atom is -0.493 e. The Hall–Kier alpha value is -2.22. The van der Waals surface area contributed by atoms with E-state index in [0.717, 1.165) is 12.8 Å². The zero-order valence-corrected chi connectivity index (χ0v) is 13.5. The fourth-order valence-corrected chi connectivity index (χ4v) is 2.06. The summed E-state index contributed by atoms with van der Waals surface area (Å²) in [6, 6.07) is 7.33. The van der Waals surface area contributed by atoms with E-state index in [0.29, 0.717) is 36.5 Å². The second-order valence-corrected chi connectivity index (χ2v) is 5.01. The lowest BCUT2D eigenvalue weighted by atomic mass is 10.1. The van der Waals surface area contributed by atoms with E-state index in [1.165, 1.54) is 7.11 Å². The highest BCUT2D eigenvalue weighted by molar-refractivity contribution is 5.76. The van der Waals surface area contributed by atoms with Crippen LogP contribution in [0.4, 0.5) is 0 Å². The van der Waals surface area contributed by atoms with Gasteiger partial charge in [-0.3, -0.25) is 4.79 Å². The van der Waals surface area contributed by atoms with Crippen molar-refractivity contribution in [2.75, 3.05) is 13.7 Å². The molecule has 0 aliphatic rings. The molecule has 0 spiro atoms. The molecule has 1 aromatic rings. The third-order valence-corrected chi connectivity index (χ3v) is 3.45. The minimum absolute atomic E-state index is 0.0593. The molecule has 5 heteroatoms. The van der Waals surface area contributed by atoms with Crippen LogP contribution in [0.3, 0.4) is 0 Å². The molecule has 1 N–H and O–H groups in total. The molecule has 0 fully saturated rings. The smallest absolute Gasteiger partial charge is 0.220 e. The fourth-order valence-electron chi connectivity index (χ4n) is 2.06. The van der Waals surface area contributed by atoms with Crippen molar-refractivity contribution in [2.24, 2.45) is 0 Å². The fraction of sp³-hybridized carbons (Fsp3) is 0.529. The van der Waals surface area contributed by atoms with Crippen LogP contribution in [0.15, 0.2) is 18.2 Å². The molecule has 0 aliphatic carbocycles. The van der Waals surface area contributed by atoms with Gasteiger partial charge in [-0.1, -0.05) is 13.8 Å². The summed E-state index contributed by atoms with van der Waals surface area (Å²) in [4.78, 5) is 11.8. The van der Waals surface area contributed by atoms with Gasteiger partial charge in [0, 0.05) is 18.5 Å². The molecule has 0 heterocycles. The van der Waals surface area contributed by atoms with Crippen LogP contribution in [0, 0.1) is 11.3 Å². The zero-order chi connectivity index (χ0) is 16.4. The molecule has 5 nitrogen and oxygen atoms in total. The van der Waals surface area contributed by atoms with Gasteiger partial charge in [-0.2, -0.15) is 5.26 Å². The number of amides is 1.